The summed E-state index contributed by atoms with van der Waals surface area (Å²) in [5.74, 6) is 0.156. The normalized spacial score (nSPS) is 29.8. The molecule has 2 aromatic rings. The Labute approximate surface area is 188 Å². The summed E-state index contributed by atoms with van der Waals surface area (Å²) >= 11 is 0. The van der Waals surface area contributed by atoms with Gasteiger partial charge >= 0.3 is 5.97 Å². The van der Waals surface area contributed by atoms with Crippen molar-refractivity contribution >= 4 is 17.6 Å². The van der Waals surface area contributed by atoms with Crippen molar-refractivity contribution in [2.45, 2.75) is 32.6 Å². The number of hydrogen-bond donors (Lipinski definition) is 2. The molecule has 2 bridgehead atoms. The van der Waals surface area contributed by atoms with Crippen LogP contribution in [0.3, 0.4) is 0 Å². The van der Waals surface area contributed by atoms with E-state index in [-0.39, 0.29) is 23.2 Å². The SMILES string of the molecule is CC(C)(C)c1ccc(Oc2ccc(NC(=O)C3C4C=CC(C5CC45)C3C(=O)O)cc2)cc1. The minimum absolute atomic E-state index is 0.0151. The van der Waals surface area contributed by atoms with Gasteiger partial charge in [0.05, 0.1) is 11.8 Å². The van der Waals surface area contributed by atoms with Gasteiger partial charge in [0.15, 0.2) is 0 Å². The predicted molar refractivity (Wildman–Crippen MR) is 123 cm³/mol. The van der Waals surface area contributed by atoms with Gasteiger partial charge in [-0.3, -0.25) is 9.59 Å². The van der Waals surface area contributed by atoms with Crippen LogP contribution in [0.2, 0.25) is 0 Å². The molecule has 5 nitrogen and oxygen atoms in total. The Bertz CT molecular complexity index is 1060. The summed E-state index contributed by atoms with van der Waals surface area (Å²) in [7, 11) is 0. The van der Waals surface area contributed by atoms with Crippen molar-refractivity contribution in [1.29, 1.82) is 0 Å². The highest BCUT2D eigenvalue weighted by molar-refractivity contribution is 5.96. The Morgan fingerprint density at radius 1 is 0.875 bits per heavy atom. The van der Waals surface area contributed by atoms with Crippen LogP contribution < -0.4 is 10.1 Å². The quantitative estimate of drug-likeness (QED) is 0.615. The smallest absolute Gasteiger partial charge is 0.307 e. The Hall–Kier alpha value is -3.08. The lowest BCUT2D eigenvalue weighted by Gasteiger charge is -2.41. The van der Waals surface area contributed by atoms with Gasteiger partial charge in [-0.25, -0.2) is 0 Å². The van der Waals surface area contributed by atoms with Gasteiger partial charge in [-0.2, -0.15) is 0 Å². The lowest BCUT2D eigenvalue weighted by Crippen LogP contribution is -2.48. The van der Waals surface area contributed by atoms with Gasteiger partial charge < -0.3 is 15.2 Å². The third-order valence-corrected chi connectivity index (χ3v) is 7.32. The van der Waals surface area contributed by atoms with Crippen LogP contribution in [0.5, 0.6) is 11.5 Å². The summed E-state index contributed by atoms with van der Waals surface area (Å²) in [4.78, 5) is 25.0. The Kier molecular flexibility index (Phi) is 4.88. The molecule has 0 radical (unpaired) electrons. The number of anilines is 1. The van der Waals surface area contributed by atoms with E-state index >= 15 is 0 Å². The Morgan fingerprint density at radius 2 is 1.41 bits per heavy atom. The molecule has 4 aliphatic rings. The van der Waals surface area contributed by atoms with E-state index in [1.165, 1.54) is 5.56 Å². The average Bonchev–Trinajstić information content (AvgIpc) is 3.57. The van der Waals surface area contributed by atoms with Crippen molar-refractivity contribution in [3.63, 3.8) is 0 Å². The molecule has 6 unspecified atom stereocenters. The van der Waals surface area contributed by atoms with Crippen molar-refractivity contribution in [2.75, 3.05) is 5.32 Å². The van der Waals surface area contributed by atoms with Crippen LogP contribution >= 0.6 is 0 Å². The number of benzene rings is 2. The second-order valence-corrected chi connectivity index (χ2v) is 10.4. The second kappa shape index (κ2) is 7.51. The van der Waals surface area contributed by atoms with E-state index in [2.05, 4.69) is 44.3 Å². The highest BCUT2D eigenvalue weighted by Gasteiger charge is 2.62. The van der Waals surface area contributed by atoms with Crippen LogP contribution in [0.1, 0.15) is 32.8 Å². The molecule has 2 fully saturated rings. The summed E-state index contributed by atoms with van der Waals surface area (Å²) in [6.07, 6.45) is 5.14. The van der Waals surface area contributed by atoms with E-state index in [0.29, 0.717) is 23.3 Å². The summed E-state index contributed by atoms with van der Waals surface area (Å²) in [6.45, 7) is 6.52. The monoisotopic (exact) mass is 431 g/mol. The van der Waals surface area contributed by atoms with Gasteiger partial charge in [0, 0.05) is 5.69 Å². The molecule has 5 heteroatoms. The number of nitrogens with one attached hydrogen (secondary N) is 1. The fraction of sp³-hybridized carbons (Fsp3) is 0.407. The molecular weight excluding hydrogens is 402 g/mol. The number of aliphatic carboxylic acids is 1. The molecule has 1 amide bonds. The fourth-order valence-corrected chi connectivity index (χ4v) is 5.56. The second-order valence-electron chi connectivity index (χ2n) is 10.4. The summed E-state index contributed by atoms with van der Waals surface area (Å²) < 4.78 is 5.93. The number of carboxylic acid groups (broad SMARTS) is 1. The number of carbonyl (C=O) groups excluding carboxylic acids is 1. The zero-order valence-electron chi connectivity index (χ0n) is 18.6. The molecule has 32 heavy (non-hydrogen) atoms. The van der Waals surface area contributed by atoms with Crippen LogP contribution in [-0.4, -0.2) is 17.0 Å². The first-order valence-corrected chi connectivity index (χ1v) is 11.3. The van der Waals surface area contributed by atoms with Crippen molar-refractivity contribution in [1.82, 2.24) is 0 Å². The Balaban J connectivity index is 1.25. The van der Waals surface area contributed by atoms with Gasteiger partial charge in [-0.1, -0.05) is 45.1 Å². The first kappa shape index (κ1) is 20.8. The van der Waals surface area contributed by atoms with Crippen LogP contribution in [0.4, 0.5) is 5.69 Å². The topological polar surface area (TPSA) is 75.6 Å². The van der Waals surface area contributed by atoms with Gasteiger partial charge in [0.2, 0.25) is 5.91 Å². The number of carbonyl (C=O) groups is 2. The highest BCUT2D eigenvalue weighted by Crippen LogP contribution is 2.63. The summed E-state index contributed by atoms with van der Waals surface area (Å²) in [5.41, 5.74) is 1.98. The third-order valence-electron chi connectivity index (χ3n) is 7.32. The van der Waals surface area contributed by atoms with Crippen LogP contribution in [-0.2, 0) is 15.0 Å². The molecule has 0 saturated heterocycles. The fourth-order valence-electron chi connectivity index (χ4n) is 5.56. The standard InChI is InChI=1S/C27H29NO4/c1-27(2,3)15-4-8-17(9-5-15)32-18-10-6-16(7-11-18)28-25(29)23-19-12-13-20(22-14-21(19)22)24(23)26(30)31/h4-13,19-24H,14H2,1-3H3,(H,28,29)(H,30,31). The van der Waals surface area contributed by atoms with E-state index in [0.717, 1.165) is 12.2 Å². The number of amides is 1. The summed E-state index contributed by atoms with van der Waals surface area (Å²) in [5, 5.41) is 12.7. The molecule has 0 spiro atoms. The van der Waals surface area contributed by atoms with Gasteiger partial charge in [-0.15, -0.1) is 0 Å². The first-order chi connectivity index (χ1) is 15.2. The molecule has 166 valence electrons. The van der Waals surface area contributed by atoms with Crippen LogP contribution in [0, 0.1) is 35.5 Å². The predicted octanol–water partition coefficient (Wildman–Crippen LogP) is 5.48. The number of fused-ring (bicyclic) bond motifs is 1. The van der Waals surface area contributed by atoms with Crippen LogP contribution in [0.25, 0.3) is 0 Å². The maximum atomic E-state index is 13.1. The molecule has 2 aromatic carbocycles. The molecule has 6 rings (SSSR count). The van der Waals surface area contributed by atoms with Crippen molar-refractivity contribution in [2.24, 2.45) is 35.5 Å². The maximum Gasteiger partial charge on any atom is 0.307 e. The zero-order chi connectivity index (χ0) is 22.6. The van der Waals surface area contributed by atoms with Crippen molar-refractivity contribution in [3.8, 4) is 11.5 Å². The van der Waals surface area contributed by atoms with Gasteiger partial charge in [-0.05, 0) is 77.5 Å². The molecule has 0 aliphatic heterocycles. The average molecular weight is 432 g/mol. The molecule has 2 N–H and O–H groups in total. The molecule has 2 saturated carbocycles. The lowest BCUT2D eigenvalue weighted by molar-refractivity contribution is -0.152. The van der Waals surface area contributed by atoms with Crippen LogP contribution in [0.15, 0.2) is 60.7 Å². The van der Waals surface area contributed by atoms with Crippen molar-refractivity contribution in [3.05, 3.63) is 66.2 Å². The van der Waals surface area contributed by atoms with Gasteiger partial charge in [0.1, 0.15) is 11.5 Å². The molecule has 4 aliphatic carbocycles. The van der Waals surface area contributed by atoms with Gasteiger partial charge in [0.25, 0.3) is 0 Å². The van der Waals surface area contributed by atoms with Crippen molar-refractivity contribution < 1.29 is 19.4 Å². The zero-order valence-corrected chi connectivity index (χ0v) is 18.6. The molecule has 0 heterocycles. The summed E-state index contributed by atoms with van der Waals surface area (Å²) in [6, 6.07) is 15.3. The van der Waals surface area contributed by atoms with E-state index in [1.54, 1.807) is 12.1 Å². The molecule has 0 aromatic heterocycles. The number of ether oxygens (including phenoxy) is 1. The van der Waals surface area contributed by atoms with E-state index in [4.69, 9.17) is 4.74 Å². The number of hydrogen-bond acceptors (Lipinski definition) is 3. The molecular formula is C27H29NO4. The third kappa shape index (κ3) is 3.70. The Morgan fingerprint density at radius 3 is 1.94 bits per heavy atom. The number of carboxylic acids is 1. The maximum absolute atomic E-state index is 13.1. The minimum Gasteiger partial charge on any atom is -0.481 e. The first-order valence-electron chi connectivity index (χ1n) is 11.3. The largest absolute Gasteiger partial charge is 0.481 e. The van der Waals surface area contributed by atoms with E-state index < -0.39 is 17.8 Å². The number of allylic oxidation sites excluding steroid dienone is 2. The molecule has 6 atom stereocenters. The minimum atomic E-state index is -0.865. The highest BCUT2D eigenvalue weighted by atomic mass is 16.5. The van der Waals surface area contributed by atoms with E-state index in [1.807, 2.05) is 30.3 Å². The van der Waals surface area contributed by atoms with E-state index in [9.17, 15) is 14.7 Å². The lowest BCUT2D eigenvalue weighted by atomic mass is 9.62. The number of rotatable bonds is 5.